The highest BCUT2D eigenvalue weighted by atomic mass is 79.9. The van der Waals surface area contributed by atoms with Gasteiger partial charge < -0.3 is 14.9 Å². The van der Waals surface area contributed by atoms with Crippen molar-refractivity contribution in [2.75, 3.05) is 31.1 Å². The van der Waals surface area contributed by atoms with Crippen molar-refractivity contribution in [3.63, 3.8) is 0 Å². The van der Waals surface area contributed by atoms with E-state index in [1.807, 2.05) is 4.90 Å². The van der Waals surface area contributed by atoms with Crippen molar-refractivity contribution in [3.8, 4) is 0 Å². The van der Waals surface area contributed by atoms with E-state index in [-0.39, 0.29) is 0 Å². The normalized spacial score (nSPS) is 16.1. The molecule has 1 N–H and O–H groups in total. The number of halogens is 2. The summed E-state index contributed by atoms with van der Waals surface area (Å²) in [5.41, 5.74) is 0. The number of rotatable bonds is 1. The fraction of sp³-hybridized carbons (Fsp3) is 0.400. The highest BCUT2D eigenvalue weighted by molar-refractivity contribution is 9.10. The van der Waals surface area contributed by atoms with Crippen LogP contribution in [0.1, 0.15) is 0 Å². The van der Waals surface area contributed by atoms with Crippen LogP contribution in [-0.4, -0.2) is 47.3 Å². The van der Waals surface area contributed by atoms with Crippen molar-refractivity contribution in [1.29, 1.82) is 0 Å². The second-order valence-corrected chi connectivity index (χ2v) is 4.97. The lowest BCUT2D eigenvalue weighted by Gasteiger charge is -2.33. The van der Waals surface area contributed by atoms with Gasteiger partial charge in [-0.05, 0) is 28.1 Å². The number of carbonyl (C=O) groups is 1. The molecule has 92 valence electrons. The zero-order valence-corrected chi connectivity index (χ0v) is 11.3. The van der Waals surface area contributed by atoms with E-state index in [2.05, 4.69) is 20.9 Å². The Kier molecular flexibility index (Phi) is 3.73. The Hall–Kier alpha value is -1.01. The summed E-state index contributed by atoms with van der Waals surface area (Å²) < 4.78 is 0.681. The molecule has 1 amide bonds. The molecule has 0 radical (unpaired) electrons. The topological polar surface area (TPSA) is 56.7 Å². The Morgan fingerprint density at radius 2 is 2.00 bits per heavy atom. The average molecular weight is 321 g/mol. The molecule has 0 aromatic carbocycles. The van der Waals surface area contributed by atoms with Crippen LogP contribution in [0.25, 0.3) is 0 Å². The number of anilines is 1. The average Bonchev–Trinajstić information content (AvgIpc) is 2.28. The molecule has 1 aromatic rings. The van der Waals surface area contributed by atoms with Gasteiger partial charge in [0.2, 0.25) is 0 Å². The number of piperazine rings is 1. The molecule has 7 heteroatoms. The van der Waals surface area contributed by atoms with Crippen LogP contribution in [0.3, 0.4) is 0 Å². The van der Waals surface area contributed by atoms with E-state index in [0.29, 0.717) is 35.8 Å². The van der Waals surface area contributed by atoms with E-state index in [9.17, 15) is 4.79 Å². The maximum Gasteiger partial charge on any atom is 0.407 e. The first-order chi connectivity index (χ1) is 8.06. The van der Waals surface area contributed by atoms with Crippen LogP contribution < -0.4 is 4.90 Å². The second kappa shape index (κ2) is 5.10. The molecule has 0 aliphatic carbocycles. The van der Waals surface area contributed by atoms with Gasteiger partial charge in [-0.3, -0.25) is 0 Å². The predicted octanol–water partition coefficient (Wildman–Crippen LogP) is 2.30. The Labute approximate surface area is 112 Å². The molecule has 2 rings (SSSR count). The van der Waals surface area contributed by atoms with Crippen molar-refractivity contribution in [1.82, 2.24) is 9.88 Å². The van der Waals surface area contributed by atoms with Crippen LogP contribution in [0.5, 0.6) is 0 Å². The summed E-state index contributed by atoms with van der Waals surface area (Å²) in [6, 6.07) is 3.50. The Balaban J connectivity index is 2.07. The minimum Gasteiger partial charge on any atom is -0.465 e. The number of carboxylic acid groups (broad SMARTS) is 1. The lowest BCUT2D eigenvalue weighted by Crippen LogP contribution is -2.48. The molecule has 1 aliphatic rings. The molecule has 0 saturated carbocycles. The van der Waals surface area contributed by atoms with Gasteiger partial charge in [0.15, 0.2) is 0 Å². The number of nitrogens with zero attached hydrogens (tertiary/aromatic N) is 3. The van der Waals surface area contributed by atoms with E-state index in [0.717, 1.165) is 5.82 Å². The summed E-state index contributed by atoms with van der Waals surface area (Å²) in [6.45, 7) is 2.24. The molecule has 0 spiro atoms. The third kappa shape index (κ3) is 3.01. The fourth-order valence-corrected chi connectivity index (χ4v) is 2.50. The van der Waals surface area contributed by atoms with E-state index in [1.54, 1.807) is 12.1 Å². The van der Waals surface area contributed by atoms with Gasteiger partial charge in [0, 0.05) is 31.2 Å². The number of pyridine rings is 1. The largest absolute Gasteiger partial charge is 0.465 e. The van der Waals surface area contributed by atoms with Gasteiger partial charge >= 0.3 is 6.09 Å². The number of hydrogen-bond acceptors (Lipinski definition) is 3. The smallest absolute Gasteiger partial charge is 0.407 e. The van der Waals surface area contributed by atoms with Crippen molar-refractivity contribution in [3.05, 3.63) is 21.8 Å². The van der Waals surface area contributed by atoms with Crippen LogP contribution in [-0.2, 0) is 0 Å². The number of aromatic nitrogens is 1. The third-order valence-corrected chi connectivity index (χ3v) is 3.24. The first-order valence-corrected chi connectivity index (χ1v) is 6.29. The summed E-state index contributed by atoms with van der Waals surface area (Å²) in [5.74, 6) is 0.773. The monoisotopic (exact) mass is 319 g/mol. The molecule has 5 nitrogen and oxygen atoms in total. The quantitative estimate of drug-likeness (QED) is 0.807. The van der Waals surface area contributed by atoms with Gasteiger partial charge in [-0.2, -0.15) is 0 Å². The lowest BCUT2D eigenvalue weighted by atomic mass is 10.3. The van der Waals surface area contributed by atoms with Crippen LogP contribution in [0.2, 0.25) is 5.02 Å². The van der Waals surface area contributed by atoms with Crippen LogP contribution in [0.4, 0.5) is 10.6 Å². The SMILES string of the molecule is O=C(O)N1CCN(c2cc(Cl)cc(Br)n2)CC1. The summed E-state index contributed by atoms with van der Waals surface area (Å²) in [7, 11) is 0. The molecular formula is C10H11BrClN3O2. The highest BCUT2D eigenvalue weighted by Gasteiger charge is 2.21. The molecule has 2 heterocycles. The maximum atomic E-state index is 10.8. The van der Waals surface area contributed by atoms with E-state index < -0.39 is 6.09 Å². The van der Waals surface area contributed by atoms with Crippen molar-refractivity contribution in [2.24, 2.45) is 0 Å². The third-order valence-electron chi connectivity index (χ3n) is 2.62. The second-order valence-electron chi connectivity index (χ2n) is 3.72. The van der Waals surface area contributed by atoms with Crippen LogP contribution in [0.15, 0.2) is 16.7 Å². The molecule has 1 fully saturated rings. The van der Waals surface area contributed by atoms with Gasteiger partial charge in [0.1, 0.15) is 10.4 Å². The molecule has 1 aliphatic heterocycles. The van der Waals surface area contributed by atoms with Crippen LogP contribution >= 0.6 is 27.5 Å². The summed E-state index contributed by atoms with van der Waals surface area (Å²) in [5, 5.41) is 9.46. The lowest BCUT2D eigenvalue weighted by molar-refractivity contribution is 0.142. The van der Waals surface area contributed by atoms with Gasteiger partial charge in [0.05, 0.1) is 0 Å². The molecule has 17 heavy (non-hydrogen) atoms. The molecular weight excluding hydrogens is 309 g/mol. The molecule has 0 unspecified atom stereocenters. The van der Waals surface area contributed by atoms with Gasteiger partial charge in [-0.25, -0.2) is 9.78 Å². The molecule has 1 saturated heterocycles. The molecule has 0 atom stereocenters. The summed E-state index contributed by atoms with van der Waals surface area (Å²) >= 11 is 9.24. The minimum absolute atomic E-state index is 0.487. The van der Waals surface area contributed by atoms with Crippen LogP contribution in [0, 0.1) is 0 Å². The molecule has 0 bridgehead atoms. The van der Waals surface area contributed by atoms with E-state index >= 15 is 0 Å². The van der Waals surface area contributed by atoms with Gasteiger partial charge in [0.25, 0.3) is 0 Å². The van der Waals surface area contributed by atoms with E-state index in [1.165, 1.54) is 4.90 Å². The van der Waals surface area contributed by atoms with E-state index in [4.69, 9.17) is 16.7 Å². The fourth-order valence-electron chi connectivity index (χ4n) is 1.74. The number of amides is 1. The number of hydrogen-bond donors (Lipinski definition) is 1. The minimum atomic E-state index is -0.870. The summed E-state index contributed by atoms with van der Waals surface area (Å²) in [4.78, 5) is 18.5. The standard InChI is InChI=1S/C10H11BrClN3O2/c11-8-5-7(12)6-9(13-8)14-1-3-15(4-2-14)10(16)17/h5-6H,1-4H2,(H,16,17). The Morgan fingerprint density at radius 3 is 2.53 bits per heavy atom. The van der Waals surface area contributed by atoms with Crippen molar-refractivity contribution in [2.45, 2.75) is 0 Å². The first-order valence-electron chi connectivity index (χ1n) is 5.12. The van der Waals surface area contributed by atoms with Crippen molar-refractivity contribution < 1.29 is 9.90 Å². The Bertz CT molecular complexity index is 415. The maximum absolute atomic E-state index is 10.8. The molecule has 1 aromatic heterocycles. The van der Waals surface area contributed by atoms with Gasteiger partial charge in [-0.15, -0.1) is 0 Å². The first kappa shape index (κ1) is 12.4. The highest BCUT2D eigenvalue weighted by Crippen LogP contribution is 2.22. The summed E-state index contributed by atoms with van der Waals surface area (Å²) in [6.07, 6.45) is -0.870. The van der Waals surface area contributed by atoms with Crippen molar-refractivity contribution >= 4 is 39.4 Å². The zero-order chi connectivity index (χ0) is 12.4. The van der Waals surface area contributed by atoms with Gasteiger partial charge in [-0.1, -0.05) is 11.6 Å². The predicted molar refractivity (Wildman–Crippen MR) is 68.8 cm³/mol. The zero-order valence-electron chi connectivity index (χ0n) is 8.94. The Morgan fingerprint density at radius 1 is 1.35 bits per heavy atom.